The molecule has 0 fully saturated rings. The lowest BCUT2D eigenvalue weighted by atomic mass is 10.0. The molecule has 8 heteroatoms. The van der Waals surface area contributed by atoms with Crippen LogP contribution in [-0.4, -0.2) is 74.9 Å². The highest BCUT2D eigenvalue weighted by molar-refractivity contribution is 8.76. The summed E-state index contributed by atoms with van der Waals surface area (Å²) in [5, 5.41) is 6.40. The van der Waals surface area contributed by atoms with Crippen molar-refractivity contribution in [3.05, 3.63) is 24.0 Å². The van der Waals surface area contributed by atoms with Gasteiger partial charge in [0.2, 0.25) is 5.78 Å². The van der Waals surface area contributed by atoms with Crippen molar-refractivity contribution in [2.75, 3.05) is 51.8 Å². The number of nitrogens with zero attached hydrogens (tertiary/aromatic N) is 1. The number of nitrogens with one attached hydrogen (secondary N) is 2. The Hall–Kier alpha value is -0.960. The molecule has 0 radical (unpaired) electrons. The first-order valence-electron chi connectivity index (χ1n) is 24.7. The largest absolute Gasteiger partial charge is 0.390 e. The third-order valence-corrected chi connectivity index (χ3v) is 13.7. The van der Waals surface area contributed by atoms with Gasteiger partial charge < -0.3 is 25.1 Å². The highest BCUT2D eigenvalue weighted by Gasteiger charge is 2.10. The second-order valence-corrected chi connectivity index (χ2v) is 19.2. The number of carbonyl (C=O) groups is 2. The van der Waals surface area contributed by atoms with Crippen molar-refractivity contribution in [2.24, 2.45) is 0 Å². The van der Waals surface area contributed by atoms with E-state index in [1.807, 2.05) is 21.1 Å². The standard InChI is InChI=1S/C32H61N3O2S2.C18H38O/c1-5-7-8-15-20-28-38-39-29-21-16-11-13-18-25-35(24-17-12-9-10-14-19-27-36)26-22-23-34-32(30(3)33-4)31(37)6-2;1-4-6-8-10-12-14-16-18(19-3)17-15-13-11-9-7-5-2/h6,27,33-34H,2,5,7-26,28-29H2,1,3-4H3;18H,4-17H2,1-3H3/b32-30-;. The minimum Gasteiger partial charge on any atom is -0.390 e. The maximum absolute atomic E-state index is 12.2. The Labute approximate surface area is 370 Å². The smallest absolute Gasteiger partial charge is 0.202 e. The van der Waals surface area contributed by atoms with Gasteiger partial charge in [-0.3, -0.25) is 4.79 Å². The predicted molar refractivity (Wildman–Crippen MR) is 263 cm³/mol. The van der Waals surface area contributed by atoms with E-state index in [1.165, 1.54) is 191 Å². The summed E-state index contributed by atoms with van der Waals surface area (Å²) >= 11 is 0. The minimum atomic E-state index is -0.0623. The molecule has 2 N–H and O–H groups in total. The molecule has 0 aliphatic carbocycles. The van der Waals surface area contributed by atoms with Crippen molar-refractivity contribution in [3.63, 3.8) is 0 Å². The average Bonchev–Trinajstić information content (AvgIpc) is 3.24. The van der Waals surface area contributed by atoms with Crippen molar-refractivity contribution in [1.29, 1.82) is 0 Å². The molecule has 0 rings (SSSR count). The van der Waals surface area contributed by atoms with Crippen LogP contribution in [-0.2, 0) is 14.3 Å². The van der Waals surface area contributed by atoms with E-state index in [-0.39, 0.29) is 5.78 Å². The van der Waals surface area contributed by atoms with Crippen LogP contribution >= 0.6 is 21.6 Å². The third kappa shape index (κ3) is 43.1. The van der Waals surface area contributed by atoms with Gasteiger partial charge in [0.25, 0.3) is 0 Å². The van der Waals surface area contributed by atoms with Gasteiger partial charge in [-0.25, -0.2) is 0 Å². The van der Waals surface area contributed by atoms with E-state index in [2.05, 4.69) is 64.5 Å². The van der Waals surface area contributed by atoms with Crippen molar-refractivity contribution in [3.8, 4) is 0 Å². The first-order valence-corrected chi connectivity index (χ1v) is 27.2. The summed E-state index contributed by atoms with van der Waals surface area (Å²) in [5.41, 5.74) is 1.48. The first-order chi connectivity index (χ1) is 28.4. The van der Waals surface area contributed by atoms with Crippen LogP contribution in [0.15, 0.2) is 24.0 Å². The molecule has 0 aromatic heterocycles. The number of carbonyl (C=O) groups excluding carboxylic acids is 2. The van der Waals surface area contributed by atoms with Crippen LogP contribution < -0.4 is 10.6 Å². The maximum atomic E-state index is 12.2. The van der Waals surface area contributed by atoms with Gasteiger partial charge in [-0.15, -0.1) is 0 Å². The fraction of sp³-hybridized carbons (Fsp3) is 0.880. The highest BCUT2D eigenvalue weighted by atomic mass is 33.1. The van der Waals surface area contributed by atoms with Gasteiger partial charge in [-0.1, -0.05) is 190 Å². The second kappa shape index (κ2) is 50.4. The second-order valence-electron chi connectivity index (χ2n) is 16.5. The monoisotopic (exact) mass is 854 g/mol. The molecule has 0 aliphatic heterocycles. The number of ketones is 1. The quantitative estimate of drug-likeness (QED) is 0.0272. The fourth-order valence-electron chi connectivity index (χ4n) is 7.17. The van der Waals surface area contributed by atoms with Gasteiger partial charge in [-0.05, 0) is 84.0 Å². The van der Waals surface area contributed by atoms with Gasteiger partial charge in [0.1, 0.15) is 12.0 Å². The van der Waals surface area contributed by atoms with E-state index < -0.39 is 0 Å². The van der Waals surface area contributed by atoms with E-state index in [9.17, 15) is 9.59 Å². The van der Waals surface area contributed by atoms with Crippen LogP contribution in [0, 0.1) is 0 Å². The molecule has 0 bridgehead atoms. The molecule has 0 unspecified atom stereocenters. The molecule has 0 saturated carbocycles. The van der Waals surface area contributed by atoms with Crippen molar-refractivity contribution in [2.45, 2.75) is 233 Å². The normalized spacial score (nSPS) is 11.7. The van der Waals surface area contributed by atoms with Crippen molar-refractivity contribution < 1.29 is 14.3 Å². The molecule has 6 nitrogen and oxygen atoms in total. The SMILES string of the molecule is C=CC(=O)/C(NCCCN(CCCCCCCC=O)CCCCCCCSSCCCCCCC)=C(\C)NC.CCCCCCCCC(CCCCCCCC)OC. The lowest BCUT2D eigenvalue weighted by molar-refractivity contribution is -0.111. The van der Waals surface area contributed by atoms with Gasteiger partial charge in [0, 0.05) is 44.3 Å². The zero-order chi connectivity index (χ0) is 43.0. The summed E-state index contributed by atoms with van der Waals surface area (Å²) in [6, 6.07) is 0. The van der Waals surface area contributed by atoms with Crippen molar-refractivity contribution >= 4 is 33.7 Å². The number of unbranched alkanes of at least 4 members (excludes halogenated alkanes) is 23. The first kappa shape index (κ1) is 59.1. The van der Waals surface area contributed by atoms with Crippen LogP contribution in [0.25, 0.3) is 0 Å². The van der Waals surface area contributed by atoms with Crippen LogP contribution in [0.2, 0.25) is 0 Å². The highest BCUT2D eigenvalue weighted by Crippen LogP contribution is 2.25. The van der Waals surface area contributed by atoms with Crippen molar-refractivity contribution in [1.82, 2.24) is 15.5 Å². The molecule has 58 heavy (non-hydrogen) atoms. The Morgan fingerprint density at radius 2 is 1.03 bits per heavy atom. The summed E-state index contributed by atoms with van der Waals surface area (Å²) in [6.45, 7) is 16.5. The number of methoxy groups -OCH3 is 1. The summed E-state index contributed by atoms with van der Waals surface area (Å²) < 4.78 is 5.61. The lowest BCUT2D eigenvalue weighted by Gasteiger charge is -2.23. The van der Waals surface area contributed by atoms with Gasteiger partial charge in [0.15, 0.2) is 0 Å². The van der Waals surface area contributed by atoms with Crippen LogP contribution in [0.5, 0.6) is 0 Å². The van der Waals surface area contributed by atoms with E-state index in [0.29, 0.717) is 18.2 Å². The van der Waals surface area contributed by atoms with Gasteiger partial charge in [0.05, 0.1) is 6.10 Å². The Bertz CT molecular complexity index is 887. The van der Waals surface area contributed by atoms with Crippen LogP contribution in [0.3, 0.4) is 0 Å². The summed E-state index contributed by atoms with van der Waals surface area (Å²) in [7, 11) is 7.87. The summed E-state index contributed by atoms with van der Waals surface area (Å²) in [5.74, 6) is 2.55. The zero-order valence-corrected chi connectivity index (χ0v) is 41.2. The Morgan fingerprint density at radius 1 is 0.621 bits per heavy atom. The summed E-state index contributed by atoms with van der Waals surface area (Å²) in [4.78, 5) is 25.3. The molecule has 344 valence electrons. The maximum Gasteiger partial charge on any atom is 0.202 e. The zero-order valence-electron chi connectivity index (χ0n) is 39.6. The topological polar surface area (TPSA) is 70.7 Å². The Balaban J connectivity index is 0. The van der Waals surface area contributed by atoms with Crippen LogP contribution in [0.1, 0.15) is 227 Å². The third-order valence-electron chi connectivity index (χ3n) is 11.1. The molecule has 0 aliphatic rings. The molecule has 0 atom stereocenters. The van der Waals surface area contributed by atoms with E-state index in [0.717, 1.165) is 57.4 Å². The molecule has 0 amide bonds. The van der Waals surface area contributed by atoms with E-state index in [4.69, 9.17) is 4.74 Å². The average molecular weight is 854 g/mol. The molecular formula is C50H99N3O3S2. The molecule has 0 saturated heterocycles. The number of rotatable bonds is 46. The van der Waals surface area contributed by atoms with Gasteiger partial charge in [-0.2, -0.15) is 0 Å². The van der Waals surface area contributed by atoms with Gasteiger partial charge >= 0.3 is 0 Å². The number of allylic oxidation sites excluding steroid dienone is 2. The Morgan fingerprint density at radius 3 is 1.47 bits per heavy atom. The summed E-state index contributed by atoms with van der Waals surface area (Å²) in [6.07, 6.45) is 43.3. The minimum absolute atomic E-state index is 0.0623. The van der Waals surface area contributed by atoms with Crippen LogP contribution in [0.4, 0.5) is 0 Å². The Kier molecular flexibility index (Phi) is 51.4. The molecule has 0 spiro atoms. The number of ether oxygens (including phenoxy) is 1. The number of hydrogen-bond acceptors (Lipinski definition) is 8. The lowest BCUT2D eigenvalue weighted by Crippen LogP contribution is -2.31. The fourth-order valence-corrected chi connectivity index (χ4v) is 9.46. The number of aldehydes is 1. The van der Waals surface area contributed by atoms with E-state index in [1.54, 1.807) is 0 Å². The molecule has 0 aromatic carbocycles. The predicted octanol–water partition coefficient (Wildman–Crippen LogP) is 14.8. The molecule has 0 aromatic rings. The molecule has 0 heterocycles. The number of hydrogen-bond donors (Lipinski definition) is 2. The van der Waals surface area contributed by atoms with E-state index >= 15 is 0 Å². The molecular weight excluding hydrogens is 755 g/mol.